The molecule has 0 radical (unpaired) electrons. The Bertz CT molecular complexity index is 999. The Balaban J connectivity index is 1.77. The largest absolute Gasteiger partial charge is 0.425 e. The maximum Gasteiger partial charge on any atom is 0.306 e. The molecule has 1 fully saturated rings. The van der Waals surface area contributed by atoms with Gasteiger partial charge in [0.25, 0.3) is 5.56 Å². The predicted octanol–water partition coefficient (Wildman–Crippen LogP) is 4.68. The van der Waals surface area contributed by atoms with Gasteiger partial charge in [-0.3, -0.25) is 9.36 Å². The van der Waals surface area contributed by atoms with Gasteiger partial charge in [-0.05, 0) is 43.9 Å². The zero-order valence-corrected chi connectivity index (χ0v) is 16.0. The van der Waals surface area contributed by atoms with Crippen molar-refractivity contribution < 1.29 is 4.74 Å². The first-order valence-corrected chi connectivity index (χ1v) is 9.90. The van der Waals surface area contributed by atoms with Crippen molar-refractivity contribution in [2.75, 3.05) is 0 Å². The first-order valence-electron chi connectivity index (χ1n) is 9.90. The monoisotopic (exact) mass is 366 g/mol. The third-order valence-electron chi connectivity index (χ3n) is 5.23. The minimum atomic E-state index is -0.112. The van der Waals surface area contributed by atoms with E-state index < -0.39 is 0 Å². The van der Waals surface area contributed by atoms with Crippen LogP contribution in [-0.4, -0.2) is 19.5 Å². The van der Waals surface area contributed by atoms with Crippen LogP contribution in [0.15, 0.2) is 29.1 Å². The van der Waals surface area contributed by atoms with Crippen molar-refractivity contribution in [3.63, 3.8) is 0 Å². The summed E-state index contributed by atoms with van der Waals surface area (Å²) in [6.45, 7) is 4.60. The highest BCUT2D eigenvalue weighted by Gasteiger charge is 2.22. The van der Waals surface area contributed by atoms with E-state index in [0.29, 0.717) is 35.4 Å². The number of aryl methyl sites for hydroxylation is 1. The molecule has 0 bridgehead atoms. The Morgan fingerprint density at radius 1 is 1.22 bits per heavy atom. The van der Waals surface area contributed by atoms with Gasteiger partial charge >= 0.3 is 6.01 Å². The summed E-state index contributed by atoms with van der Waals surface area (Å²) in [7, 11) is 0. The molecule has 1 aromatic carbocycles. The number of aromatic nitrogens is 4. The lowest BCUT2D eigenvalue weighted by Crippen LogP contribution is -2.23. The van der Waals surface area contributed by atoms with Crippen molar-refractivity contribution in [1.29, 1.82) is 0 Å². The van der Waals surface area contributed by atoms with E-state index in [-0.39, 0.29) is 5.56 Å². The fraction of sp³-hybridized carbons (Fsp3) is 0.476. The van der Waals surface area contributed by atoms with Gasteiger partial charge < -0.3 is 9.72 Å². The summed E-state index contributed by atoms with van der Waals surface area (Å²) < 4.78 is 7.59. The SMILES string of the molecule is CCCn1c(Oc2cccc(C)c2)nc2nc(C3CCCCC3)[nH]c2c1=O. The normalized spacial score (nSPS) is 15.3. The lowest BCUT2D eigenvalue weighted by molar-refractivity contribution is 0.398. The highest BCUT2D eigenvalue weighted by molar-refractivity contribution is 5.70. The minimum absolute atomic E-state index is 0.112. The van der Waals surface area contributed by atoms with Crippen molar-refractivity contribution in [2.45, 2.75) is 64.8 Å². The van der Waals surface area contributed by atoms with E-state index in [2.05, 4.69) is 15.0 Å². The highest BCUT2D eigenvalue weighted by atomic mass is 16.5. The number of hydrogen-bond acceptors (Lipinski definition) is 4. The summed E-state index contributed by atoms with van der Waals surface area (Å²) in [6, 6.07) is 8.05. The lowest BCUT2D eigenvalue weighted by atomic mass is 9.89. The average molecular weight is 366 g/mol. The quantitative estimate of drug-likeness (QED) is 0.712. The van der Waals surface area contributed by atoms with Crippen LogP contribution >= 0.6 is 0 Å². The van der Waals surface area contributed by atoms with Gasteiger partial charge in [0.2, 0.25) is 0 Å². The summed E-state index contributed by atoms with van der Waals surface area (Å²) in [4.78, 5) is 25.6. The summed E-state index contributed by atoms with van der Waals surface area (Å²) in [5, 5.41) is 0. The molecule has 0 amide bonds. The van der Waals surface area contributed by atoms with E-state index in [9.17, 15) is 4.79 Å². The standard InChI is InChI=1S/C21H26N4O2/c1-3-12-25-20(26)17-19(23-18(22-17)15-9-5-4-6-10-15)24-21(25)27-16-11-7-8-14(2)13-16/h7-8,11,13,15H,3-6,9-10,12H2,1-2H3,(H,22,23). The average Bonchev–Trinajstić information content (AvgIpc) is 3.10. The molecular weight excluding hydrogens is 340 g/mol. The van der Waals surface area contributed by atoms with E-state index in [1.807, 2.05) is 38.1 Å². The van der Waals surface area contributed by atoms with E-state index >= 15 is 0 Å². The fourth-order valence-corrected chi connectivity index (χ4v) is 3.84. The second-order valence-electron chi connectivity index (χ2n) is 7.43. The zero-order chi connectivity index (χ0) is 18.8. The van der Waals surface area contributed by atoms with Crippen LogP contribution in [0.4, 0.5) is 0 Å². The summed E-state index contributed by atoms with van der Waals surface area (Å²) in [5.41, 5.74) is 1.92. The number of benzene rings is 1. The van der Waals surface area contributed by atoms with Gasteiger partial charge in [-0.1, -0.05) is 38.3 Å². The van der Waals surface area contributed by atoms with Crippen molar-refractivity contribution in [3.05, 3.63) is 46.0 Å². The molecule has 3 aromatic rings. The van der Waals surface area contributed by atoms with Crippen molar-refractivity contribution in [1.82, 2.24) is 19.5 Å². The molecule has 6 nitrogen and oxygen atoms in total. The number of aromatic amines is 1. The molecule has 0 spiro atoms. The molecule has 1 aliphatic rings. The van der Waals surface area contributed by atoms with Gasteiger partial charge in [-0.15, -0.1) is 0 Å². The van der Waals surface area contributed by atoms with Crippen LogP contribution in [0.3, 0.4) is 0 Å². The van der Waals surface area contributed by atoms with Crippen LogP contribution in [0.1, 0.15) is 62.8 Å². The Morgan fingerprint density at radius 3 is 2.78 bits per heavy atom. The first-order chi connectivity index (χ1) is 13.2. The molecule has 0 saturated heterocycles. The number of fused-ring (bicyclic) bond motifs is 1. The number of hydrogen-bond donors (Lipinski definition) is 1. The third kappa shape index (κ3) is 3.61. The van der Waals surface area contributed by atoms with Gasteiger partial charge in [-0.2, -0.15) is 4.98 Å². The van der Waals surface area contributed by atoms with Crippen molar-refractivity contribution >= 4 is 11.2 Å². The molecule has 2 heterocycles. The molecule has 27 heavy (non-hydrogen) atoms. The third-order valence-corrected chi connectivity index (χ3v) is 5.23. The summed E-state index contributed by atoms with van der Waals surface area (Å²) >= 11 is 0. The number of imidazole rings is 1. The van der Waals surface area contributed by atoms with E-state index in [1.165, 1.54) is 19.3 Å². The second kappa shape index (κ2) is 7.55. The van der Waals surface area contributed by atoms with Crippen LogP contribution in [0.25, 0.3) is 11.2 Å². The highest BCUT2D eigenvalue weighted by Crippen LogP contribution is 2.31. The lowest BCUT2D eigenvalue weighted by Gasteiger charge is -2.18. The van der Waals surface area contributed by atoms with Crippen LogP contribution in [0.5, 0.6) is 11.8 Å². The van der Waals surface area contributed by atoms with Gasteiger partial charge in [0.15, 0.2) is 11.2 Å². The molecule has 142 valence electrons. The smallest absolute Gasteiger partial charge is 0.306 e. The molecule has 0 unspecified atom stereocenters. The van der Waals surface area contributed by atoms with Gasteiger partial charge in [0, 0.05) is 12.5 Å². The van der Waals surface area contributed by atoms with Gasteiger partial charge in [0.1, 0.15) is 11.6 Å². The Kier molecular flexibility index (Phi) is 4.97. The Hall–Kier alpha value is -2.63. The second-order valence-corrected chi connectivity index (χ2v) is 7.43. The molecule has 1 saturated carbocycles. The van der Waals surface area contributed by atoms with Crippen LogP contribution in [0.2, 0.25) is 0 Å². The number of nitrogens with one attached hydrogen (secondary N) is 1. The minimum Gasteiger partial charge on any atom is -0.425 e. The fourth-order valence-electron chi connectivity index (χ4n) is 3.84. The summed E-state index contributed by atoms with van der Waals surface area (Å²) in [6.07, 6.45) is 6.78. The first kappa shape index (κ1) is 17.8. The molecule has 1 aliphatic carbocycles. The van der Waals surface area contributed by atoms with Crippen molar-refractivity contribution in [2.24, 2.45) is 0 Å². The number of H-pyrrole nitrogens is 1. The van der Waals surface area contributed by atoms with Crippen LogP contribution in [-0.2, 0) is 6.54 Å². The molecule has 2 aromatic heterocycles. The van der Waals surface area contributed by atoms with Crippen molar-refractivity contribution in [3.8, 4) is 11.8 Å². The topological polar surface area (TPSA) is 72.8 Å². The van der Waals surface area contributed by atoms with E-state index in [1.54, 1.807) is 4.57 Å². The van der Waals surface area contributed by atoms with Crippen LogP contribution < -0.4 is 10.3 Å². The zero-order valence-electron chi connectivity index (χ0n) is 16.0. The van der Waals surface area contributed by atoms with E-state index in [4.69, 9.17) is 4.74 Å². The maximum absolute atomic E-state index is 13.1. The number of rotatable bonds is 5. The molecule has 4 rings (SSSR count). The van der Waals surface area contributed by atoms with Gasteiger partial charge in [0.05, 0.1) is 0 Å². The number of nitrogens with zero attached hydrogens (tertiary/aromatic N) is 3. The molecule has 0 aliphatic heterocycles. The summed E-state index contributed by atoms with van der Waals surface area (Å²) in [5.74, 6) is 1.97. The maximum atomic E-state index is 13.1. The van der Waals surface area contributed by atoms with Crippen LogP contribution in [0, 0.1) is 6.92 Å². The number of ether oxygens (including phenoxy) is 1. The predicted molar refractivity (Wildman–Crippen MR) is 106 cm³/mol. The van der Waals surface area contributed by atoms with E-state index in [0.717, 1.165) is 30.7 Å². The Labute approximate surface area is 158 Å². The molecule has 0 atom stereocenters. The molecule has 1 N–H and O–H groups in total. The molecular formula is C21H26N4O2. The Morgan fingerprint density at radius 2 is 2.04 bits per heavy atom. The molecule has 6 heteroatoms. The van der Waals surface area contributed by atoms with Gasteiger partial charge in [-0.25, -0.2) is 4.98 Å².